The van der Waals surface area contributed by atoms with Gasteiger partial charge in [0, 0.05) is 0 Å². The maximum Gasteiger partial charge on any atom is 0.513 e. The minimum atomic E-state index is -1.17. The largest absolute Gasteiger partial charge is 0.513 e. The van der Waals surface area contributed by atoms with E-state index in [4.69, 9.17) is 29.8 Å². The number of hydrogen-bond donors (Lipinski definition) is 2. The van der Waals surface area contributed by atoms with Crippen molar-refractivity contribution in [2.45, 2.75) is 53.0 Å². The normalized spacial score (nSPS) is 11.8. The number of benzene rings is 1. The predicted molar refractivity (Wildman–Crippen MR) is 109 cm³/mol. The molecule has 0 saturated carbocycles. The van der Waals surface area contributed by atoms with E-state index in [1.165, 1.54) is 18.2 Å². The van der Waals surface area contributed by atoms with Crippen LogP contribution in [-0.2, 0) is 20.7 Å². The molecule has 1 aromatic rings. The van der Waals surface area contributed by atoms with E-state index >= 15 is 0 Å². The van der Waals surface area contributed by atoms with Gasteiger partial charge in [0.05, 0.1) is 13.2 Å². The van der Waals surface area contributed by atoms with Gasteiger partial charge < -0.3 is 29.8 Å². The zero-order valence-electron chi connectivity index (χ0n) is 17.9. The molecule has 9 nitrogen and oxygen atoms in total. The SMILES string of the molecule is CC(C)CCOC(=O)Oc1ccc(C[C@H](N)C(=O)O)cc1OC(=O)OCCC(C)C. The summed E-state index contributed by atoms with van der Waals surface area (Å²) in [4.78, 5) is 34.9. The van der Waals surface area contributed by atoms with Gasteiger partial charge in [-0.2, -0.15) is 0 Å². The number of carbonyl (C=O) groups is 3. The summed E-state index contributed by atoms with van der Waals surface area (Å²) >= 11 is 0. The molecule has 0 amide bonds. The molecule has 30 heavy (non-hydrogen) atoms. The van der Waals surface area contributed by atoms with E-state index in [9.17, 15) is 14.4 Å². The smallest absolute Gasteiger partial charge is 0.480 e. The number of hydrogen-bond acceptors (Lipinski definition) is 8. The number of carbonyl (C=O) groups excluding carboxylic acids is 2. The average molecular weight is 425 g/mol. The van der Waals surface area contributed by atoms with Crippen LogP contribution < -0.4 is 15.2 Å². The molecule has 0 fully saturated rings. The van der Waals surface area contributed by atoms with Crippen molar-refractivity contribution in [2.75, 3.05) is 13.2 Å². The van der Waals surface area contributed by atoms with Crippen LogP contribution in [0.15, 0.2) is 18.2 Å². The van der Waals surface area contributed by atoms with Gasteiger partial charge in [0.2, 0.25) is 0 Å². The lowest BCUT2D eigenvalue weighted by molar-refractivity contribution is -0.138. The van der Waals surface area contributed by atoms with Crippen molar-refractivity contribution < 1.29 is 38.4 Å². The lowest BCUT2D eigenvalue weighted by Gasteiger charge is -2.14. The number of ether oxygens (including phenoxy) is 4. The highest BCUT2D eigenvalue weighted by Gasteiger charge is 2.19. The van der Waals surface area contributed by atoms with Crippen molar-refractivity contribution in [1.82, 2.24) is 0 Å². The summed E-state index contributed by atoms with van der Waals surface area (Å²) in [6.45, 7) is 8.32. The van der Waals surface area contributed by atoms with Crippen LogP contribution >= 0.6 is 0 Å². The second-order valence-electron chi connectivity index (χ2n) is 7.70. The molecule has 0 aromatic heterocycles. The van der Waals surface area contributed by atoms with Gasteiger partial charge in [0.25, 0.3) is 0 Å². The molecule has 0 bridgehead atoms. The van der Waals surface area contributed by atoms with Crippen LogP contribution in [0.4, 0.5) is 9.59 Å². The number of carboxylic acids is 1. The van der Waals surface area contributed by atoms with E-state index in [-0.39, 0.29) is 31.1 Å². The monoisotopic (exact) mass is 425 g/mol. The van der Waals surface area contributed by atoms with Gasteiger partial charge in [0.1, 0.15) is 6.04 Å². The molecule has 0 radical (unpaired) electrons. The molecule has 3 N–H and O–H groups in total. The zero-order chi connectivity index (χ0) is 22.7. The second-order valence-corrected chi connectivity index (χ2v) is 7.70. The van der Waals surface area contributed by atoms with Crippen LogP contribution in [0.5, 0.6) is 11.5 Å². The zero-order valence-corrected chi connectivity index (χ0v) is 17.9. The topological polar surface area (TPSA) is 134 Å². The first-order valence-electron chi connectivity index (χ1n) is 9.89. The first-order chi connectivity index (χ1) is 14.1. The third kappa shape index (κ3) is 10.1. The molecule has 1 atom stereocenters. The fourth-order valence-electron chi connectivity index (χ4n) is 2.18. The highest BCUT2D eigenvalue weighted by Crippen LogP contribution is 2.30. The van der Waals surface area contributed by atoms with Crippen molar-refractivity contribution in [3.63, 3.8) is 0 Å². The van der Waals surface area contributed by atoms with E-state index in [0.717, 1.165) is 0 Å². The molecule has 0 heterocycles. The Hall–Kier alpha value is -2.81. The van der Waals surface area contributed by atoms with Gasteiger partial charge in [0.15, 0.2) is 11.5 Å². The molecular formula is C21H31NO8. The molecule has 0 unspecified atom stereocenters. The molecule has 0 saturated heterocycles. The Balaban J connectivity index is 2.89. The van der Waals surface area contributed by atoms with E-state index in [0.29, 0.717) is 30.2 Å². The molecule has 0 aliphatic heterocycles. The van der Waals surface area contributed by atoms with E-state index in [1.807, 2.05) is 27.7 Å². The molecule has 0 aliphatic carbocycles. The van der Waals surface area contributed by atoms with E-state index < -0.39 is 24.3 Å². The lowest BCUT2D eigenvalue weighted by atomic mass is 10.1. The highest BCUT2D eigenvalue weighted by molar-refractivity contribution is 5.74. The van der Waals surface area contributed by atoms with Gasteiger partial charge in [-0.05, 0) is 48.8 Å². The quantitative estimate of drug-likeness (QED) is 0.401. The van der Waals surface area contributed by atoms with Crippen LogP contribution in [-0.4, -0.2) is 42.6 Å². The fourth-order valence-corrected chi connectivity index (χ4v) is 2.18. The summed E-state index contributed by atoms with van der Waals surface area (Å²) in [5.41, 5.74) is 6.04. The molecular weight excluding hydrogens is 394 g/mol. The van der Waals surface area contributed by atoms with E-state index in [1.54, 1.807) is 0 Å². The molecule has 0 spiro atoms. The molecule has 0 aliphatic rings. The average Bonchev–Trinajstić information content (AvgIpc) is 2.63. The maximum atomic E-state index is 12.0. The first-order valence-corrected chi connectivity index (χ1v) is 9.89. The van der Waals surface area contributed by atoms with Crippen LogP contribution in [0.2, 0.25) is 0 Å². The van der Waals surface area contributed by atoms with Crippen LogP contribution in [0.25, 0.3) is 0 Å². The highest BCUT2D eigenvalue weighted by atomic mass is 16.7. The third-order valence-electron chi connectivity index (χ3n) is 4.00. The number of carboxylic acid groups (broad SMARTS) is 1. The van der Waals surface area contributed by atoms with Crippen LogP contribution in [0.3, 0.4) is 0 Å². The molecule has 1 rings (SSSR count). The Bertz CT molecular complexity index is 717. The Morgan fingerprint density at radius 2 is 1.40 bits per heavy atom. The van der Waals surface area contributed by atoms with E-state index in [2.05, 4.69) is 0 Å². The predicted octanol–water partition coefficient (Wildman–Crippen LogP) is 3.76. The van der Waals surface area contributed by atoms with Crippen molar-refractivity contribution in [3.05, 3.63) is 23.8 Å². The minimum absolute atomic E-state index is 0.00674. The van der Waals surface area contributed by atoms with Gasteiger partial charge in [-0.3, -0.25) is 4.79 Å². The number of nitrogens with two attached hydrogens (primary N) is 1. The summed E-state index contributed by atoms with van der Waals surface area (Å²) in [6, 6.07) is 3.15. The van der Waals surface area contributed by atoms with Crippen LogP contribution in [0, 0.1) is 11.8 Å². The minimum Gasteiger partial charge on any atom is -0.480 e. The summed E-state index contributed by atoms with van der Waals surface area (Å²) in [5, 5.41) is 8.98. The Morgan fingerprint density at radius 1 is 0.900 bits per heavy atom. The van der Waals surface area contributed by atoms with Crippen molar-refractivity contribution in [2.24, 2.45) is 17.6 Å². The third-order valence-corrected chi connectivity index (χ3v) is 4.00. The number of aliphatic carboxylic acids is 1. The fraction of sp³-hybridized carbons (Fsp3) is 0.571. The summed E-state index contributed by atoms with van der Waals surface area (Å²) in [6.07, 6.45) is -0.578. The summed E-state index contributed by atoms with van der Waals surface area (Å²) in [7, 11) is 0. The number of rotatable bonds is 11. The molecule has 1 aromatic carbocycles. The Labute approximate surface area is 176 Å². The van der Waals surface area contributed by atoms with Gasteiger partial charge in [-0.1, -0.05) is 33.8 Å². The van der Waals surface area contributed by atoms with Crippen molar-refractivity contribution in [1.29, 1.82) is 0 Å². The second kappa shape index (κ2) is 12.7. The first kappa shape index (κ1) is 25.2. The van der Waals surface area contributed by atoms with Gasteiger partial charge >= 0.3 is 18.3 Å². The molecule has 9 heteroatoms. The summed E-state index contributed by atoms with van der Waals surface area (Å²) < 4.78 is 20.3. The Morgan fingerprint density at radius 3 is 1.87 bits per heavy atom. The molecule has 168 valence electrons. The Kier molecular flexibility index (Phi) is 10.7. The van der Waals surface area contributed by atoms with Gasteiger partial charge in [-0.25, -0.2) is 9.59 Å². The van der Waals surface area contributed by atoms with Crippen molar-refractivity contribution in [3.8, 4) is 11.5 Å². The standard InChI is InChI=1S/C21H31NO8/c1-13(2)7-9-27-20(25)29-17-6-5-15(11-16(22)19(23)24)12-18(17)30-21(26)28-10-8-14(3)4/h5-6,12-14,16H,7-11,22H2,1-4H3,(H,23,24)/t16-/m0/s1. The lowest BCUT2D eigenvalue weighted by Crippen LogP contribution is -2.32. The van der Waals surface area contributed by atoms with Crippen LogP contribution in [0.1, 0.15) is 46.1 Å². The van der Waals surface area contributed by atoms with Gasteiger partial charge in [-0.15, -0.1) is 0 Å². The summed E-state index contributed by atoms with van der Waals surface area (Å²) in [5.74, 6) is -0.619. The van der Waals surface area contributed by atoms with Crippen molar-refractivity contribution >= 4 is 18.3 Å². The maximum absolute atomic E-state index is 12.0.